The Balaban J connectivity index is 2.15. The second-order valence-electron chi connectivity index (χ2n) is 4.95. The van der Waals surface area contributed by atoms with Crippen LogP contribution in [0, 0.1) is 0 Å². The fourth-order valence-corrected chi connectivity index (χ4v) is 1.68. The normalized spacial score (nSPS) is 14.4. The number of hydrogen-bond acceptors (Lipinski definition) is 0. The minimum atomic E-state index is 1.13. The van der Waals surface area contributed by atoms with Crippen molar-refractivity contribution in [3.8, 4) is 0 Å². The first-order valence-electron chi connectivity index (χ1n) is 6.25. The smallest absolute Gasteiger partial charge is 0.00919 e. The van der Waals surface area contributed by atoms with Gasteiger partial charge in [-0.1, -0.05) is 41.5 Å². The fourth-order valence-electron chi connectivity index (χ4n) is 1.68. The second-order valence-corrected chi connectivity index (χ2v) is 4.95. The summed E-state index contributed by atoms with van der Waals surface area (Å²) in [7, 11) is 0. The number of allylic oxidation sites excluding steroid dienone is 7. The molecule has 0 heteroatoms. The Kier molecular flexibility index (Phi) is 5.31. The molecular formula is C16H24. The van der Waals surface area contributed by atoms with E-state index in [0.29, 0.717) is 0 Å². The van der Waals surface area contributed by atoms with E-state index in [1.165, 1.54) is 41.6 Å². The first-order valence-corrected chi connectivity index (χ1v) is 6.25. The van der Waals surface area contributed by atoms with Gasteiger partial charge < -0.3 is 0 Å². The van der Waals surface area contributed by atoms with Crippen LogP contribution in [0.4, 0.5) is 0 Å². The van der Waals surface area contributed by atoms with Crippen LogP contribution in [0.5, 0.6) is 0 Å². The molecule has 0 aromatic carbocycles. The van der Waals surface area contributed by atoms with E-state index in [0.717, 1.165) is 12.8 Å². The van der Waals surface area contributed by atoms with Gasteiger partial charge in [0, 0.05) is 0 Å². The van der Waals surface area contributed by atoms with E-state index >= 15 is 0 Å². The monoisotopic (exact) mass is 216 g/mol. The van der Waals surface area contributed by atoms with Crippen molar-refractivity contribution in [2.75, 3.05) is 0 Å². The van der Waals surface area contributed by atoms with Gasteiger partial charge in [-0.05, 0) is 58.4 Å². The third-order valence-corrected chi connectivity index (χ3v) is 2.89. The molecule has 0 saturated carbocycles. The summed E-state index contributed by atoms with van der Waals surface area (Å²) in [6.45, 7) is 10.6. The average Bonchev–Trinajstić information content (AvgIpc) is 2.99. The van der Waals surface area contributed by atoms with Crippen LogP contribution < -0.4 is 0 Å². The van der Waals surface area contributed by atoms with Crippen molar-refractivity contribution in [1.29, 1.82) is 0 Å². The Bertz CT molecular complexity index is 333. The SMILES string of the molecule is C=C(CC/C=C(\C)CCC=C(C)C)C1=CC1. The molecule has 0 saturated heterocycles. The lowest BCUT2D eigenvalue weighted by atomic mass is 10.1. The largest absolute Gasteiger partial charge is 0.0955 e. The van der Waals surface area contributed by atoms with Crippen molar-refractivity contribution in [3.63, 3.8) is 0 Å². The van der Waals surface area contributed by atoms with Crippen LogP contribution in [0.1, 0.15) is 52.9 Å². The van der Waals surface area contributed by atoms with Crippen molar-refractivity contribution in [3.05, 3.63) is 47.1 Å². The van der Waals surface area contributed by atoms with Gasteiger partial charge in [-0.2, -0.15) is 0 Å². The van der Waals surface area contributed by atoms with Crippen LogP contribution in [0.3, 0.4) is 0 Å². The standard InChI is InChI=1S/C16H24/c1-13(2)7-5-8-14(3)9-6-10-15(4)16-11-12-16/h7,9,11H,4-6,8,10,12H2,1-3H3/b14-9+. The average molecular weight is 216 g/mol. The zero-order valence-corrected chi connectivity index (χ0v) is 11.0. The molecule has 0 N–H and O–H groups in total. The van der Waals surface area contributed by atoms with Gasteiger partial charge in [0.15, 0.2) is 0 Å². The van der Waals surface area contributed by atoms with Gasteiger partial charge in [-0.3, -0.25) is 0 Å². The summed E-state index contributed by atoms with van der Waals surface area (Å²) in [6.07, 6.45) is 12.8. The van der Waals surface area contributed by atoms with E-state index in [9.17, 15) is 0 Å². The van der Waals surface area contributed by atoms with Gasteiger partial charge in [0.1, 0.15) is 0 Å². The maximum absolute atomic E-state index is 4.09. The van der Waals surface area contributed by atoms with Gasteiger partial charge >= 0.3 is 0 Å². The summed E-state index contributed by atoms with van der Waals surface area (Å²) in [4.78, 5) is 0. The zero-order chi connectivity index (χ0) is 12.0. The molecule has 1 aliphatic rings. The van der Waals surface area contributed by atoms with Gasteiger partial charge in [0.25, 0.3) is 0 Å². The topological polar surface area (TPSA) is 0 Å². The maximum atomic E-state index is 4.09. The van der Waals surface area contributed by atoms with E-state index in [4.69, 9.17) is 0 Å². The minimum Gasteiger partial charge on any atom is -0.0955 e. The first kappa shape index (κ1) is 13.0. The van der Waals surface area contributed by atoms with E-state index in [1.54, 1.807) is 0 Å². The van der Waals surface area contributed by atoms with E-state index in [-0.39, 0.29) is 0 Å². The number of rotatable bonds is 7. The van der Waals surface area contributed by atoms with E-state index < -0.39 is 0 Å². The fraction of sp³-hybridized carbons (Fsp3) is 0.500. The highest BCUT2D eigenvalue weighted by Crippen LogP contribution is 2.29. The van der Waals surface area contributed by atoms with Crippen molar-refractivity contribution in [2.24, 2.45) is 0 Å². The molecule has 1 rings (SSSR count). The predicted octanol–water partition coefficient (Wildman–Crippen LogP) is 5.35. The zero-order valence-electron chi connectivity index (χ0n) is 11.0. The highest BCUT2D eigenvalue weighted by atomic mass is 14.1. The Hall–Kier alpha value is -1.04. The minimum absolute atomic E-state index is 1.13. The Morgan fingerprint density at radius 3 is 2.38 bits per heavy atom. The third-order valence-electron chi connectivity index (χ3n) is 2.89. The van der Waals surface area contributed by atoms with Crippen LogP contribution >= 0.6 is 0 Å². The first-order chi connectivity index (χ1) is 7.59. The van der Waals surface area contributed by atoms with E-state index in [2.05, 4.69) is 45.6 Å². The summed E-state index contributed by atoms with van der Waals surface area (Å²) < 4.78 is 0. The maximum Gasteiger partial charge on any atom is -0.00919 e. The Labute approximate surface area is 100 Å². The van der Waals surface area contributed by atoms with Crippen LogP contribution in [0.15, 0.2) is 47.1 Å². The van der Waals surface area contributed by atoms with Crippen molar-refractivity contribution >= 4 is 0 Å². The number of hydrogen-bond donors (Lipinski definition) is 0. The van der Waals surface area contributed by atoms with Crippen LogP contribution in [0.25, 0.3) is 0 Å². The van der Waals surface area contributed by atoms with E-state index in [1.807, 2.05) is 0 Å². The molecule has 0 amide bonds. The molecule has 16 heavy (non-hydrogen) atoms. The molecule has 0 atom stereocenters. The second kappa shape index (κ2) is 6.52. The molecular weight excluding hydrogens is 192 g/mol. The molecule has 0 aromatic rings. The lowest BCUT2D eigenvalue weighted by Crippen LogP contribution is -1.81. The quantitative estimate of drug-likeness (QED) is 0.503. The van der Waals surface area contributed by atoms with Gasteiger partial charge in [0.2, 0.25) is 0 Å². The highest BCUT2D eigenvalue weighted by Gasteiger charge is 2.09. The Morgan fingerprint density at radius 1 is 1.19 bits per heavy atom. The molecule has 0 radical (unpaired) electrons. The third kappa shape index (κ3) is 5.75. The molecule has 0 unspecified atom stereocenters. The molecule has 0 aliphatic heterocycles. The molecule has 0 aromatic heterocycles. The highest BCUT2D eigenvalue weighted by molar-refractivity contribution is 5.40. The molecule has 0 fully saturated rings. The van der Waals surface area contributed by atoms with Crippen molar-refractivity contribution in [2.45, 2.75) is 52.9 Å². The van der Waals surface area contributed by atoms with Crippen LogP contribution in [0.2, 0.25) is 0 Å². The molecule has 0 heterocycles. The molecule has 0 spiro atoms. The molecule has 0 bridgehead atoms. The predicted molar refractivity (Wildman–Crippen MR) is 73.5 cm³/mol. The lowest BCUT2D eigenvalue weighted by molar-refractivity contribution is 0.925. The van der Waals surface area contributed by atoms with Gasteiger partial charge in [-0.15, -0.1) is 0 Å². The molecule has 0 nitrogen and oxygen atoms in total. The summed E-state index contributed by atoms with van der Waals surface area (Å²) in [5, 5.41) is 0. The summed E-state index contributed by atoms with van der Waals surface area (Å²) in [5.41, 5.74) is 5.75. The molecule has 1 aliphatic carbocycles. The van der Waals surface area contributed by atoms with Gasteiger partial charge in [0.05, 0.1) is 0 Å². The Morgan fingerprint density at radius 2 is 1.81 bits per heavy atom. The lowest BCUT2D eigenvalue weighted by Gasteiger charge is -2.01. The van der Waals surface area contributed by atoms with Crippen LogP contribution in [-0.4, -0.2) is 0 Å². The summed E-state index contributed by atoms with van der Waals surface area (Å²) in [5.74, 6) is 0. The summed E-state index contributed by atoms with van der Waals surface area (Å²) in [6, 6.07) is 0. The summed E-state index contributed by atoms with van der Waals surface area (Å²) >= 11 is 0. The van der Waals surface area contributed by atoms with Crippen molar-refractivity contribution in [1.82, 2.24) is 0 Å². The van der Waals surface area contributed by atoms with Crippen molar-refractivity contribution < 1.29 is 0 Å². The molecule has 88 valence electrons. The van der Waals surface area contributed by atoms with Gasteiger partial charge in [-0.25, -0.2) is 0 Å². The van der Waals surface area contributed by atoms with Crippen LogP contribution in [-0.2, 0) is 0 Å².